The van der Waals surface area contributed by atoms with Gasteiger partial charge in [-0.05, 0) is 6.42 Å². The molecule has 0 saturated carbocycles. The molecule has 0 radical (unpaired) electrons. The van der Waals surface area contributed by atoms with Crippen LogP contribution in [0.15, 0.2) is 0 Å². The molecule has 0 aliphatic carbocycles. The van der Waals surface area contributed by atoms with E-state index in [2.05, 4.69) is 0 Å². The van der Waals surface area contributed by atoms with Crippen LogP contribution in [0.1, 0.15) is 6.42 Å². The third kappa shape index (κ3) is 6.45. The molecule has 5 heteroatoms. The second-order valence-corrected chi connectivity index (χ2v) is 2.56. The number of aliphatic hydroxyl groups is 1. The monoisotopic (exact) mass is 182 g/mol. The summed E-state index contributed by atoms with van der Waals surface area (Å²) >= 11 is 0. The summed E-state index contributed by atoms with van der Waals surface area (Å²) in [7, 11) is 0. The van der Waals surface area contributed by atoms with Crippen molar-refractivity contribution in [1.82, 2.24) is 4.90 Å². The lowest BCUT2D eigenvalue weighted by atomic mass is 10.4. The van der Waals surface area contributed by atoms with Gasteiger partial charge in [0.05, 0.1) is 6.54 Å². The molecule has 0 aromatic rings. The summed E-state index contributed by atoms with van der Waals surface area (Å²) in [6, 6.07) is 0. The summed E-state index contributed by atoms with van der Waals surface area (Å²) in [5.41, 5.74) is 5.23. The molecule has 0 heterocycles. The van der Waals surface area contributed by atoms with Crippen molar-refractivity contribution in [3.8, 4) is 0 Å². The Balaban J connectivity index is 3.54. The molecule has 0 amide bonds. The van der Waals surface area contributed by atoms with Gasteiger partial charge in [0.25, 0.3) is 6.43 Å². The number of hydrogen-bond donors (Lipinski definition) is 2. The maximum absolute atomic E-state index is 11.9. The lowest BCUT2D eigenvalue weighted by Gasteiger charge is -2.20. The molecule has 74 valence electrons. The smallest absolute Gasteiger partial charge is 0.251 e. The highest BCUT2D eigenvalue weighted by Gasteiger charge is 2.09. The molecule has 0 saturated heterocycles. The first kappa shape index (κ1) is 11.7. The molecule has 3 nitrogen and oxygen atoms in total. The molecule has 0 fully saturated rings. The Labute approximate surface area is 71.2 Å². The van der Waals surface area contributed by atoms with E-state index in [0.29, 0.717) is 26.1 Å². The number of hydrogen-bond acceptors (Lipinski definition) is 3. The van der Waals surface area contributed by atoms with Crippen LogP contribution in [0.3, 0.4) is 0 Å². The van der Waals surface area contributed by atoms with Crippen LogP contribution in [0.25, 0.3) is 0 Å². The van der Waals surface area contributed by atoms with Crippen LogP contribution in [0, 0.1) is 0 Å². The van der Waals surface area contributed by atoms with E-state index in [0.717, 1.165) is 0 Å². The first-order chi connectivity index (χ1) is 5.70. The van der Waals surface area contributed by atoms with Gasteiger partial charge < -0.3 is 10.8 Å². The zero-order chi connectivity index (χ0) is 9.40. The van der Waals surface area contributed by atoms with Crippen molar-refractivity contribution in [2.45, 2.75) is 12.8 Å². The minimum absolute atomic E-state index is 0.0321. The molecular weight excluding hydrogens is 166 g/mol. The minimum atomic E-state index is -2.32. The predicted molar refractivity (Wildman–Crippen MR) is 43.2 cm³/mol. The van der Waals surface area contributed by atoms with Crippen LogP contribution >= 0.6 is 0 Å². The number of nitrogens with zero attached hydrogens (tertiary/aromatic N) is 1. The van der Waals surface area contributed by atoms with Gasteiger partial charge in [-0.1, -0.05) is 0 Å². The predicted octanol–water partition coefficient (Wildman–Crippen LogP) is -0.105. The molecule has 0 unspecified atom stereocenters. The van der Waals surface area contributed by atoms with Crippen LogP contribution < -0.4 is 5.73 Å². The average Bonchev–Trinajstić information content (AvgIpc) is 2.00. The van der Waals surface area contributed by atoms with E-state index < -0.39 is 6.43 Å². The van der Waals surface area contributed by atoms with Gasteiger partial charge in [0, 0.05) is 26.2 Å². The third-order valence-corrected chi connectivity index (χ3v) is 1.47. The molecule has 12 heavy (non-hydrogen) atoms. The van der Waals surface area contributed by atoms with E-state index in [1.165, 1.54) is 0 Å². The van der Waals surface area contributed by atoms with Gasteiger partial charge in [-0.15, -0.1) is 0 Å². The van der Waals surface area contributed by atoms with Crippen molar-refractivity contribution >= 4 is 0 Å². The van der Waals surface area contributed by atoms with E-state index in [-0.39, 0.29) is 13.2 Å². The van der Waals surface area contributed by atoms with Crippen LogP contribution in [0.4, 0.5) is 8.78 Å². The molecule has 0 aliphatic heterocycles. The summed E-state index contributed by atoms with van der Waals surface area (Å²) in [5.74, 6) is 0. The van der Waals surface area contributed by atoms with Crippen molar-refractivity contribution in [1.29, 1.82) is 0 Å². The quantitative estimate of drug-likeness (QED) is 0.578. The van der Waals surface area contributed by atoms with E-state index >= 15 is 0 Å². The summed E-state index contributed by atoms with van der Waals surface area (Å²) in [6.07, 6.45) is -1.80. The van der Waals surface area contributed by atoms with Crippen molar-refractivity contribution in [3.05, 3.63) is 0 Å². The van der Waals surface area contributed by atoms with Crippen LogP contribution in [0.5, 0.6) is 0 Å². The summed E-state index contributed by atoms with van der Waals surface area (Å²) in [5, 5.41) is 8.47. The summed E-state index contributed by atoms with van der Waals surface area (Å²) in [4.78, 5) is 1.56. The van der Waals surface area contributed by atoms with Gasteiger partial charge in [-0.3, -0.25) is 4.90 Å². The molecule has 0 rings (SSSR count). The SMILES string of the molecule is NCCN(CCCO)CC(F)F. The number of alkyl halides is 2. The molecule has 0 aliphatic rings. The van der Waals surface area contributed by atoms with Gasteiger partial charge in [0.15, 0.2) is 0 Å². The van der Waals surface area contributed by atoms with Gasteiger partial charge in [0.2, 0.25) is 0 Å². The second-order valence-electron chi connectivity index (χ2n) is 2.56. The zero-order valence-corrected chi connectivity index (χ0v) is 7.05. The van der Waals surface area contributed by atoms with Crippen LogP contribution in [-0.2, 0) is 0 Å². The molecule has 0 bridgehead atoms. The van der Waals surface area contributed by atoms with Gasteiger partial charge in [-0.2, -0.15) is 0 Å². The average molecular weight is 182 g/mol. The van der Waals surface area contributed by atoms with Gasteiger partial charge >= 0.3 is 0 Å². The maximum Gasteiger partial charge on any atom is 0.251 e. The number of aliphatic hydroxyl groups excluding tert-OH is 1. The highest BCUT2D eigenvalue weighted by Crippen LogP contribution is 1.98. The Morgan fingerprint density at radius 1 is 1.33 bits per heavy atom. The van der Waals surface area contributed by atoms with E-state index in [9.17, 15) is 8.78 Å². The number of nitrogens with two attached hydrogens (primary N) is 1. The van der Waals surface area contributed by atoms with Crippen molar-refractivity contribution in [3.63, 3.8) is 0 Å². The van der Waals surface area contributed by atoms with E-state index in [4.69, 9.17) is 10.8 Å². The van der Waals surface area contributed by atoms with Crippen molar-refractivity contribution in [2.24, 2.45) is 5.73 Å². The fourth-order valence-corrected chi connectivity index (χ4v) is 0.966. The molecule has 0 aromatic heterocycles. The molecule has 0 atom stereocenters. The minimum Gasteiger partial charge on any atom is -0.396 e. The van der Waals surface area contributed by atoms with Crippen molar-refractivity contribution in [2.75, 3.05) is 32.8 Å². The Kier molecular flexibility index (Phi) is 7.23. The molecule has 0 aromatic carbocycles. The fourth-order valence-electron chi connectivity index (χ4n) is 0.966. The molecule has 0 spiro atoms. The lowest BCUT2D eigenvalue weighted by molar-refractivity contribution is 0.0860. The van der Waals surface area contributed by atoms with E-state index in [1.807, 2.05) is 0 Å². The third-order valence-electron chi connectivity index (χ3n) is 1.47. The number of halogens is 2. The first-order valence-corrected chi connectivity index (χ1v) is 4.02. The Bertz CT molecular complexity index is 103. The first-order valence-electron chi connectivity index (χ1n) is 4.02. The normalized spacial score (nSPS) is 11.5. The Hall–Kier alpha value is -0.260. The topological polar surface area (TPSA) is 49.5 Å². The van der Waals surface area contributed by atoms with Gasteiger partial charge in [-0.25, -0.2) is 8.78 Å². The Morgan fingerprint density at radius 3 is 2.42 bits per heavy atom. The fraction of sp³-hybridized carbons (Fsp3) is 1.00. The summed E-state index contributed by atoms with van der Waals surface area (Å²) < 4.78 is 23.8. The highest BCUT2D eigenvalue weighted by atomic mass is 19.3. The molecular formula is C7H16F2N2O. The summed E-state index contributed by atoms with van der Waals surface area (Å²) in [6.45, 7) is 1.10. The van der Waals surface area contributed by atoms with Crippen molar-refractivity contribution < 1.29 is 13.9 Å². The van der Waals surface area contributed by atoms with Crippen LogP contribution in [0.2, 0.25) is 0 Å². The highest BCUT2D eigenvalue weighted by molar-refractivity contribution is 4.59. The van der Waals surface area contributed by atoms with Crippen LogP contribution in [-0.4, -0.2) is 49.2 Å². The number of rotatable bonds is 7. The van der Waals surface area contributed by atoms with Gasteiger partial charge in [0.1, 0.15) is 0 Å². The van der Waals surface area contributed by atoms with E-state index in [1.54, 1.807) is 4.90 Å². The second kappa shape index (κ2) is 7.39. The zero-order valence-electron chi connectivity index (χ0n) is 7.05. The Morgan fingerprint density at radius 2 is 2.00 bits per heavy atom. The largest absolute Gasteiger partial charge is 0.396 e. The maximum atomic E-state index is 11.9. The standard InChI is InChI=1S/C7H16F2N2O/c8-7(9)6-11(4-2-10)3-1-5-12/h7,12H,1-6,10H2. The lowest BCUT2D eigenvalue weighted by Crippen LogP contribution is -2.34. The molecule has 3 N–H and O–H groups in total.